The summed E-state index contributed by atoms with van der Waals surface area (Å²) < 4.78 is 1.94. The van der Waals surface area contributed by atoms with Crippen LogP contribution in [0.4, 0.5) is 11.4 Å². The predicted octanol–water partition coefficient (Wildman–Crippen LogP) is 3.99. The summed E-state index contributed by atoms with van der Waals surface area (Å²) in [7, 11) is 1.97. The number of benzene rings is 1. The molecule has 114 valence electrons. The molecule has 0 fully saturated rings. The number of rotatable bonds is 5. The fourth-order valence-electron chi connectivity index (χ4n) is 2.33. The molecular formula is C15H20Cl2N4. The Morgan fingerprint density at radius 3 is 2.62 bits per heavy atom. The van der Waals surface area contributed by atoms with E-state index in [9.17, 15) is 0 Å². The Kier molecular flexibility index (Phi) is 5.01. The summed E-state index contributed by atoms with van der Waals surface area (Å²) in [5, 5.41) is 5.94. The van der Waals surface area contributed by atoms with E-state index >= 15 is 0 Å². The monoisotopic (exact) mass is 326 g/mol. The van der Waals surface area contributed by atoms with E-state index in [0.29, 0.717) is 17.3 Å². The second kappa shape index (κ2) is 6.58. The topological polar surface area (TPSA) is 47.1 Å². The van der Waals surface area contributed by atoms with Gasteiger partial charge >= 0.3 is 0 Å². The first-order valence-electron chi connectivity index (χ1n) is 6.98. The summed E-state index contributed by atoms with van der Waals surface area (Å²) in [6.45, 7) is 5.52. The molecule has 0 saturated carbocycles. The van der Waals surface area contributed by atoms with E-state index in [1.54, 1.807) is 6.07 Å². The lowest BCUT2D eigenvalue weighted by molar-refractivity contribution is 0.610. The van der Waals surface area contributed by atoms with E-state index in [2.05, 4.69) is 18.9 Å². The van der Waals surface area contributed by atoms with Crippen molar-refractivity contribution in [2.75, 3.05) is 17.7 Å². The van der Waals surface area contributed by atoms with Crippen LogP contribution < -0.4 is 10.6 Å². The van der Waals surface area contributed by atoms with Crippen molar-refractivity contribution in [1.82, 2.24) is 9.78 Å². The van der Waals surface area contributed by atoms with Gasteiger partial charge in [0, 0.05) is 18.6 Å². The second-order valence-electron chi connectivity index (χ2n) is 4.94. The third-order valence-corrected chi connectivity index (χ3v) is 4.16. The molecule has 0 aliphatic carbocycles. The lowest BCUT2D eigenvalue weighted by Crippen LogP contribution is -2.20. The third kappa shape index (κ3) is 3.27. The molecule has 1 aromatic heterocycles. The largest absolute Gasteiger partial charge is 0.397 e. The standard InChI is InChI=1S/C15H20Cl2N4/c1-4-12-15(17)14(21(5-2)19-12)9-20(3)13-8-10(16)6-7-11(13)18/h6-8H,4-5,9,18H2,1-3H3. The summed E-state index contributed by atoms with van der Waals surface area (Å²) in [6, 6.07) is 5.45. The summed E-state index contributed by atoms with van der Waals surface area (Å²) in [6.07, 6.45) is 0.821. The van der Waals surface area contributed by atoms with Crippen LogP contribution in [0.15, 0.2) is 18.2 Å². The molecule has 6 heteroatoms. The van der Waals surface area contributed by atoms with Gasteiger partial charge in [0.05, 0.1) is 34.3 Å². The number of nitrogens with zero attached hydrogens (tertiary/aromatic N) is 3. The van der Waals surface area contributed by atoms with Crippen LogP contribution >= 0.6 is 23.2 Å². The Balaban J connectivity index is 2.33. The molecule has 0 bridgehead atoms. The minimum Gasteiger partial charge on any atom is -0.397 e. The van der Waals surface area contributed by atoms with Crippen LogP contribution in [-0.4, -0.2) is 16.8 Å². The highest BCUT2D eigenvalue weighted by Crippen LogP contribution is 2.29. The SMILES string of the molecule is CCc1nn(CC)c(CN(C)c2cc(Cl)ccc2N)c1Cl. The summed E-state index contributed by atoms with van der Waals surface area (Å²) in [5.41, 5.74) is 9.54. The van der Waals surface area contributed by atoms with Crippen LogP contribution in [0.1, 0.15) is 25.2 Å². The summed E-state index contributed by atoms with van der Waals surface area (Å²) >= 11 is 12.5. The van der Waals surface area contributed by atoms with Crippen LogP contribution in [0.5, 0.6) is 0 Å². The van der Waals surface area contributed by atoms with Gasteiger partial charge in [-0.05, 0) is 31.5 Å². The number of nitrogen functional groups attached to an aromatic ring is 1. The minimum absolute atomic E-state index is 0.629. The molecule has 1 aromatic carbocycles. The molecule has 0 radical (unpaired) electrons. The Labute approximate surface area is 135 Å². The number of halogens is 2. The van der Waals surface area contributed by atoms with Crippen LogP contribution in [0.3, 0.4) is 0 Å². The van der Waals surface area contributed by atoms with E-state index in [0.717, 1.165) is 35.1 Å². The minimum atomic E-state index is 0.629. The molecule has 2 rings (SSSR count). The molecule has 0 aliphatic rings. The van der Waals surface area contributed by atoms with Crippen molar-refractivity contribution in [3.8, 4) is 0 Å². The van der Waals surface area contributed by atoms with Gasteiger partial charge in [-0.25, -0.2) is 0 Å². The van der Waals surface area contributed by atoms with Gasteiger partial charge in [0.1, 0.15) is 0 Å². The third-order valence-electron chi connectivity index (χ3n) is 3.48. The van der Waals surface area contributed by atoms with Gasteiger partial charge < -0.3 is 10.6 Å². The van der Waals surface area contributed by atoms with Gasteiger partial charge in [-0.3, -0.25) is 4.68 Å². The molecule has 2 N–H and O–H groups in total. The number of aryl methyl sites for hydroxylation is 2. The number of hydrogen-bond donors (Lipinski definition) is 1. The maximum absolute atomic E-state index is 6.44. The zero-order valence-electron chi connectivity index (χ0n) is 12.5. The Morgan fingerprint density at radius 2 is 2.00 bits per heavy atom. The molecule has 0 amide bonds. The highest BCUT2D eigenvalue weighted by molar-refractivity contribution is 6.32. The van der Waals surface area contributed by atoms with Gasteiger partial charge in [0.25, 0.3) is 0 Å². The number of aromatic nitrogens is 2. The van der Waals surface area contributed by atoms with E-state index in [4.69, 9.17) is 28.9 Å². The molecule has 21 heavy (non-hydrogen) atoms. The maximum atomic E-state index is 6.44. The molecule has 0 unspecified atom stereocenters. The molecule has 2 aromatic rings. The molecule has 1 heterocycles. The average molecular weight is 327 g/mol. The molecule has 0 aliphatic heterocycles. The quantitative estimate of drug-likeness (QED) is 0.845. The van der Waals surface area contributed by atoms with Crippen LogP contribution in [-0.2, 0) is 19.5 Å². The smallest absolute Gasteiger partial charge is 0.0868 e. The van der Waals surface area contributed by atoms with Crippen LogP contribution in [0, 0.1) is 0 Å². The van der Waals surface area contributed by atoms with Crippen molar-refractivity contribution in [3.05, 3.63) is 39.6 Å². The molecule has 0 atom stereocenters. The molecule has 0 saturated heterocycles. The van der Waals surface area contributed by atoms with E-state index in [-0.39, 0.29) is 0 Å². The van der Waals surface area contributed by atoms with Crippen molar-refractivity contribution in [3.63, 3.8) is 0 Å². The van der Waals surface area contributed by atoms with Crippen LogP contribution in [0.2, 0.25) is 10.0 Å². The first kappa shape index (κ1) is 16.0. The van der Waals surface area contributed by atoms with E-state index in [1.807, 2.05) is 28.8 Å². The Morgan fingerprint density at radius 1 is 1.29 bits per heavy atom. The van der Waals surface area contributed by atoms with Gasteiger partial charge in [0.2, 0.25) is 0 Å². The molecular weight excluding hydrogens is 307 g/mol. The Hall–Kier alpha value is -1.39. The first-order valence-corrected chi connectivity index (χ1v) is 7.73. The highest BCUT2D eigenvalue weighted by Gasteiger charge is 2.17. The Bertz CT molecular complexity index is 637. The highest BCUT2D eigenvalue weighted by atomic mass is 35.5. The van der Waals surface area contributed by atoms with Crippen molar-refractivity contribution in [2.45, 2.75) is 33.4 Å². The average Bonchev–Trinajstić information content (AvgIpc) is 2.77. The zero-order chi connectivity index (χ0) is 15.6. The second-order valence-corrected chi connectivity index (χ2v) is 5.75. The van der Waals surface area contributed by atoms with Gasteiger partial charge in [-0.1, -0.05) is 30.1 Å². The first-order chi connectivity index (χ1) is 9.97. The fraction of sp³-hybridized carbons (Fsp3) is 0.400. The maximum Gasteiger partial charge on any atom is 0.0868 e. The van der Waals surface area contributed by atoms with Crippen molar-refractivity contribution < 1.29 is 0 Å². The lowest BCUT2D eigenvalue weighted by atomic mass is 10.2. The zero-order valence-corrected chi connectivity index (χ0v) is 14.0. The van der Waals surface area contributed by atoms with E-state index < -0.39 is 0 Å². The molecule has 4 nitrogen and oxygen atoms in total. The number of nitrogens with two attached hydrogens (primary N) is 1. The summed E-state index contributed by atoms with van der Waals surface area (Å²) in [4.78, 5) is 2.04. The predicted molar refractivity (Wildman–Crippen MR) is 90.3 cm³/mol. The fourth-order valence-corrected chi connectivity index (χ4v) is 2.82. The van der Waals surface area contributed by atoms with Crippen molar-refractivity contribution in [2.24, 2.45) is 0 Å². The summed E-state index contributed by atoms with van der Waals surface area (Å²) in [5.74, 6) is 0. The van der Waals surface area contributed by atoms with Gasteiger partial charge in [0.15, 0.2) is 0 Å². The van der Waals surface area contributed by atoms with Crippen LogP contribution in [0.25, 0.3) is 0 Å². The van der Waals surface area contributed by atoms with E-state index in [1.165, 1.54) is 0 Å². The van der Waals surface area contributed by atoms with Crippen molar-refractivity contribution in [1.29, 1.82) is 0 Å². The normalized spacial score (nSPS) is 10.9. The lowest BCUT2D eigenvalue weighted by Gasteiger charge is -2.22. The van der Waals surface area contributed by atoms with Gasteiger partial charge in [-0.2, -0.15) is 5.10 Å². The number of hydrogen-bond acceptors (Lipinski definition) is 3. The van der Waals surface area contributed by atoms with Gasteiger partial charge in [-0.15, -0.1) is 0 Å². The number of anilines is 2. The van der Waals surface area contributed by atoms with Crippen molar-refractivity contribution >= 4 is 34.6 Å². The molecule has 0 spiro atoms.